The third-order valence-electron chi connectivity index (χ3n) is 4.76. The smallest absolute Gasteiger partial charge is 0.191 e. The lowest BCUT2D eigenvalue weighted by atomic mass is 10.2. The zero-order valence-corrected chi connectivity index (χ0v) is 16.2. The Bertz CT molecular complexity index is 982. The Morgan fingerprint density at radius 1 is 1.14 bits per heavy atom. The number of aromatic nitrogens is 2. The number of nitrogens with one attached hydrogen (secondary N) is 2. The van der Waals surface area contributed by atoms with Crippen molar-refractivity contribution in [1.29, 1.82) is 0 Å². The SMILES string of the molecule is CN=C(NCCn1c(C)nc2ccccc21)NCC1COc2ccccc2O1. The molecule has 0 spiro atoms. The van der Waals surface area contributed by atoms with Gasteiger partial charge in [-0.25, -0.2) is 4.98 Å². The van der Waals surface area contributed by atoms with Crippen LogP contribution in [0.4, 0.5) is 0 Å². The van der Waals surface area contributed by atoms with E-state index in [1.165, 1.54) is 0 Å². The quantitative estimate of drug-likeness (QED) is 0.526. The molecule has 28 heavy (non-hydrogen) atoms. The van der Waals surface area contributed by atoms with Crippen molar-refractivity contribution in [3.63, 3.8) is 0 Å². The van der Waals surface area contributed by atoms with Crippen LogP contribution in [0.25, 0.3) is 11.0 Å². The molecule has 2 heterocycles. The van der Waals surface area contributed by atoms with Crippen molar-refractivity contribution in [2.45, 2.75) is 19.6 Å². The van der Waals surface area contributed by atoms with Gasteiger partial charge in [-0.05, 0) is 31.2 Å². The van der Waals surface area contributed by atoms with Gasteiger partial charge in [0.15, 0.2) is 17.5 Å². The second kappa shape index (κ2) is 8.21. The predicted octanol–water partition coefficient (Wildman–Crippen LogP) is 2.35. The maximum absolute atomic E-state index is 5.97. The minimum atomic E-state index is -0.0618. The zero-order valence-electron chi connectivity index (χ0n) is 16.2. The lowest BCUT2D eigenvalue weighted by Crippen LogP contribution is -2.46. The highest BCUT2D eigenvalue weighted by Crippen LogP contribution is 2.30. The van der Waals surface area contributed by atoms with E-state index in [-0.39, 0.29) is 6.10 Å². The first-order valence-corrected chi connectivity index (χ1v) is 9.49. The summed E-state index contributed by atoms with van der Waals surface area (Å²) in [7, 11) is 1.76. The molecule has 146 valence electrons. The van der Waals surface area contributed by atoms with Gasteiger partial charge in [-0.15, -0.1) is 0 Å². The van der Waals surface area contributed by atoms with Crippen LogP contribution in [0.2, 0.25) is 0 Å². The Hall–Kier alpha value is -3.22. The summed E-state index contributed by atoms with van der Waals surface area (Å²) in [5.41, 5.74) is 2.17. The molecule has 1 aromatic heterocycles. The standard InChI is InChI=1S/C21H25N5O2/c1-15-25-17-7-3-4-8-18(17)26(15)12-11-23-21(22-2)24-13-16-14-27-19-9-5-6-10-20(19)28-16/h3-10,16H,11-14H2,1-2H3,(H2,22,23,24). The normalized spacial score (nSPS) is 16.2. The highest BCUT2D eigenvalue weighted by atomic mass is 16.6. The first-order chi connectivity index (χ1) is 13.7. The molecular formula is C21H25N5O2. The molecule has 0 fully saturated rings. The van der Waals surface area contributed by atoms with Crippen LogP contribution in [0, 0.1) is 6.92 Å². The van der Waals surface area contributed by atoms with E-state index in [4.69, 9.17) is 9.47 Å². The molecule has 1 unspecified atom stereocenters. The third-order valence-corrected chi connectivity index (χ3v) is 4.76. The second-order valence-electron chi connectivity index (χ2n) is 6.68. The first kappa shape index (κ1) is 18.2. The van der Waals surface area contributed by atoms with Crippen molar-refractivity contribution in [3.05, 3.63) is 54.4 Å². The van der Waals surface area contributed by atoms with Crippen molar-refractivity contribution < 1.29 is 9.47 Å². The lowest BCUT2D eigenvalue weighted by molar-refractivity contribution is 0.0936. The number of aryl methyl sites for hydroxylation is 1. The summed E-state index contributed by atoms with van der Waals surface area (Å²) in [6, 6.07) is 15.9. The van der Waals surface area contributed by atoms with Gasteiger partial charge in [0.05, 0.1) is 17.6 Å². The van der Waals surface area contributed by atoms with E-state index >= 15 is 0 Å². The number of rotatable bonds is 5. The molecule has 0 saturated carbocycles. The van der Waals surface area contributed by atoms with Gasteiger partial charge in [-0.1, -0.05) is 24.3 Å². The van der Waals surface area contributed by atoms with E-state index in [9.17, 15) is 0 Å². The van der Waals surface area contributed by atoms with Crippen LogP contribution in [0.5, 0.6) is 11.5 Å². The first-order valence-electron chi connectivity index (χ1n) is 9.49. The van der Waals surface area contributed by atoms with Crippen molar-refractivity contribution >= 4 is 17.0 Å². The van der Waals surface area contributed by atoms with Crippen LogP contribution in [-0.4, -0.2) is 48.4 Å². The van der Waals surface area contributed by atoms with Crippen LogP contribution in [0.15, 0.2) is 53.5 Å². The van der Waals surface area contributed by atoms with E-state index in [0.717, 1.165) is 47.4 Å². The van der Waals surface area contributed by atoms with Crippen LogP contribution in [0.3, 0.4) is 0 Å². The predicted molar refractivity (Wildman–Crippen MR) is 110 cm³/mol. The molecule has 1 atom stereocenters. The van der Waals surface area contributed by atoms with Gasteiger partial charge < -0.3 is 24.7 Å². The van der Waals surface area contributed by atoms with Gasteiger partial charge in [0.25, 0.3) is 0 Å². The van der Waals surface area contributed by atoms with Crippen LogP contribution in [0.1, 0.15) is 5.82 Å². The Labute approximate surface area is 164 Å². The highest BCUT2D eigenvalue weighted by Gasteiger charge is 2.20. The highest BCUT2D eigenvalue weighted by molar-refractivity contribution is 5.79. The van der Waals surface area contributed by atoms with E-state index in [0.29, 0.717) is 13.2 Å². The molecule has 0 bridgehead atoms. The maximum Gasteiger partial charge on any atom is 0.191 e. The Balaban J connectivity index is 1.28. The van der Waals surface area contributed by atoms with E-state index in [1.807, 2.05) is 49.4 Å². The number of benzene rings is 2. The van der Waals surface area contributed by atoms with Crippen LogP contribution < -0.4 is 20.1 Å². The van der Waals surface area contributed by atoms with Gasteiger partial charge >= 0.3 is 0 Å². The van der Waals surface area contributed by atoms with Gasteiger partial charge in [0, 0.05) is 20.1 Å². The molecular weight excluding hydrogens is 354 g/mol. The second-order valence-corrected chi connectivity index (χ2v) is 6.68. The Morgan fingerprint density at radius 3 is 2.79 bits per heavy atom. The van der Waals surface area contributed by atoms with Gasteiger partial charge in [0.1, 0.15) is 18.5 Å². The number of nitrogens with zero attached hydrogens (tertiary/aromatic N) is 3. The van der Waals surface area contributed by atoms with Crippen LogP contribution in [-0.2, 0) is 6.54 Å². The van der Waals surface area contributed by atoms with Gasteiger partial charge in [-0.2, -0.15) is 0 Å². The summed E-state index contributed by atoms with van der Waals surface area (Å²) in [5, 5.41) is 6.66. The maximum atomic E-state index is 5.97. The summed E-state index contributed by atoms with van der Waals surface area (Å²) in [5.74, 6) is 3.33. The monoisotopic (exact) mass is 379 g/mol. The molecule has 0 amide bonds. The summed E-state index contributed by atoms with van der Waals surface area (Å²) in [4.78, 5) is 8.90. The number of para-hydroxylation sites is 4. The number of guanidine groups is 1. The van der Waals surface area contributed by atoms with Gasteiger partial charge in [-0.3, -0.25) is 4.99 Å². The lowest BCUT2D eigenvalue weighted by Gasteiger charge is -2.27. The molecule has 4 rings (SSSR count). The molecule has 0 saturated heterocycles. The average molecular weight is 379 g/mol. The Kier molecular flexibility index (Phi) is 5.32. The minimum Gasteiger partial charge on any atom is -0.486 e. The fourth-order valence-corrected chi connectivity index (χ4v) is 3.36. The largest absolute Gasteiger partial charge is 0.486 e. The number of aliphatic imine (C=N–C) groups is 1. The fraction of sp³-hybridized carbons (Fsp3) is 0.333. The van der Waals surface area contributed by atoms with Gasteiger partial charge in [0.2, 0.25) is 0 Å². The number of hydrogen-bond donors (Lipinski definition) is 2. The minimum absolute atomic E-state index is 0.0618. The van der Waals surface area contributed by atoms with Crippen molar-refractivity contribution in [2.24, 2.45) is 4.99 Å². The van der Waals surface area contributed by atoms with Crippen molar-refractivity contribution in [3.8, 4) is 11.5 Å². The van der Waals surface area contributed by atoms with E-state index < -0.39 is 0 Å². The molecule has 7 heteroatoms. The summed E-state index contributed by atoms with van der Waals surface area (Å²) in [6.07, 6.45) is -0.0618. The third kappa shape index (κ3) is 3.88. The van der Waals surface area contributed by atoms with Crippen LogP contribution >= 0.6 is 0 Å². The number of imidazole rings is 1. The molecule has 0 radical (unpaired) electrons. The Morgan fingerprint density at radius 2 is 1.93 bits per heavy atom. The number of hydrogen-bond acceptors (Lipinski definition) is 4. The molecule has 2 aromatic carbocycles. The summed E-state index contributed by atoms with van der Waals surface area (Å²) < 4.78 is 13.9. The van der Waals surface area contributed by atoms with E-state index in [1.54, 1.807) is 7.05 Å². The molecule has 0 aliphatic carbocycles. The molecule has 1 aliphatic heterocycles. The zero-order chi connectivity index (χ0) is 19.3. The molecule has 1 aliphatic rings. The molecule has 2 N–H and O–H groups in total. The summed E-state index contributed by atoms with van der Waals surface area (Å²) >= 11 is 0. The van der Waals surface area contributed by atoms with Crippen molar-refractivity contribution in [1.82, 2.24) is 20.2 Å². The fourth-order valence-electron chi connectivity index (χ4n) is 3.36. The molecule has 7 nitrogen and oxygen atoms in total. The summed E-state index contributed by atoms with van der Waals surface area (Å²) in [6.45, 7) is 4.71. The average Bonchev–Trinajstić information content (AvgIpc) is 3.05. The number of fused-ring (bicyclic) bond motifs is 2. The molecule has 3 aromatic rings. The van der Waals surface area contributed by atoms with Crippen molar-refractivity contribution in [2.75, 3.05) is 26.7 Å². The topological polar surface area (TPSA) is 72.7 Å². The number of ether oxygens (including phenoxy) is 2. The van der Waals surface area contributed by atoms with E-state index in [2.05, 4.69) is 31.2 Å².